The lowest BCUT2D eigenvalue weighted by atomic mass is 10.0. The smallest absolute Gasteiger partial charge is 0.233 e. The van der Waals surface area contributed by atoms with Crippen molar-refractivity contribution in [2.75, 3.05) is 12.3 Å². The number of nitrogens with zero attached hydrogens (tertiary/aromatic N) is 4. The van der Waals surface area contributed by atoms with Gasteiger partial charge in [0.05, 0.1) is 17.5 Å². The van der Waals surface area contributed by atoms with E-state index in [0.717, 1.165) is 35.2 Å². The van der Waals surface area contributed by atoms with E-state index in [1.165, 1.54) is 27.8 Å². The molecule has 5 nitrogen and oxygen atoms in total. The van der Waals surface area contributed by atoms with Crippen molar-refractivity contribution in [3.8, 4) is 5.69 Å². The summed E-state index contributed by atoms with van der Waals surface area (Å²) in [4.78, 5) is 16.3. The Hall–Kier alpha value is -2.12. The molecule has 28 heavy (non-hydrogen) atoms. The molecular formula is C21H24N4OS2. The summed E-state index contributed by atoms with van der Waals surface area (Å²) in [5.41, 5.74) is 4.72. The number of hydrogen-bond donors (Lipinski definition) is 0. The Morgan fingerprint density at radius 1 is 1.25 bits per heavy atom. The molecule has 1 aliphatic rings. The van der Waals surface area contributed by atoms with Gasteiger partial charge in [-0.2, -0.15) is 0 Å². The molecule has 1 atom stereocenters. The van der Waals surface area contributed by atoms with E-state index < -0.39 is 0 Å². The molecule has 146 valence electrons. The SMILES string of the molecule is Cc1ccc(C)c(-n2c(C)nnc2SCC(=O)N2CCc3sccc3C2C)c1. The second kappa shape index (κ2) is 7.72. The Bertz CT molecular complexity index is 1020. The van der Waals surface area contributed by atoms with Crippen LogP contribution in [-0.4, -0.2) is 37.9 Å². The van der Waals surface area contributed by atoms with Crippen LogP contribution >= 0.6 is 23.1 Å². The quantitative estimate of drug-likeness (QED) is 0.593. The molecule has 0 radical (unpaired) electrons. The fourth-order valence-electron chi connectivity index (χ4n) is 3.73. The normalized spacial score (nSPS) is 16.3. The number of fused-ring (bicyclic) bond motifs is 1. The first-order chi connectivity index (χ1) is 13.5. The third-order valence-electron chi connectivity index (χ3n) is 5.32. The van der Waals surface area contributed by atoms with Crippen LogP contribution in [0, 0.1) is 20.8 Å². The monoisotopic (exact) mass is 412 g/mol. The minimum absolute atomic E-state index is 0.140. The summed E-state index contributed by atoms with van der Waals surface area (Å²) in [6.07, 6.45) is 0.950. The third kappa shape index (κ3) is 3.49. The van der Waals surface area contributed by atoms with Crippen molar-refractivity contribution in [3.63, 3.8) is 0 Å². The van der Waals surface area contributed by atoms with Gasteiger partial charge in [-0.05, 0) is 68.3 Å². The Morgan fingerprint density at radius 2 is 2.07 bits per heavy atom. The number of amides is 1. The van der Waals surface area contributed by atoms with Crippen molar-refractivity contribution in [2.24, 2.45) is 0 Å². The molecule has 0 N–H and O–H groups in total. The van der Waals surface area contributed by atoms with Gasteiger partial charge in [-0.25, -0.2) is 0 Å². The maximum Gasteiger partial charge on any atom is 0.233 e. The number of hydrogen-bond acceptors (Lipinski definition) is 5. The van der Waals surface area contributed by atoms with Crippen LogP contribution in [-0.2, 0) is 11.2 Å². The van der Waals surface area contributed by atoms with E-state index in [1.807, 2.05) is 11.8 Å². The zero-order valence-electron chi connectivity index (χ0n) is 16.6. The van der Waals surface area contributed by atoms with Crippen molar-refractivity contribution in [1.82, 2.24) is 19.7 Å². The largest absolute Gasteiger partial charge is 0.335 e. The standard InChI is InChI=1S/C21H24N4OS2/c1-13-5-6-14(2)18(11-13)25-16(4)22-23-21(25)28-12-20(26)24-9-7-19-17(15(24)3)8-10-27-19/h5-6,8,10-11,15H,7,9,12H2,1-4H3. The average molecular weight is 413 g/mol. The number of thioether (sulfide) groups is 1. The Balaban J connectivity index is 1.52. The zero-order chi connectivity index (χ0) is 19.8. The Kier molecular flexibility index (Phi) is 5.29. The van der Waals surface area contributed by atoms with Gasteiger partial charge >= 0.3 is 0 Å². The first-order valence-corrected chi connectivity index (χ1v) is 11.3. The highest BCUT2D eigenvalue weighted by Gasteiger charge is 2.28. The fraction of sp³-hybridized carbons (Fsp3) is 0.381. The lowest BCUT2D eigenvalue weighted by Gasteiger charge is -2.33. The maximum absolute atomic E-state index is 12.9. The topological polar surface area (TPSA) is 51.0 Å². The molecule has 0 spiro atoms. The van der Waals surface area contributed by atoms with E-state index >= 15 is 0 Å². The molecule has 0 saturated heterocycles. The van der Waals surface area contributed by atoms with E-state index in [0.29, 0.717) is 5.75 Å². The third-order valence-corrected chi connectivity index (χ3v) is 7.23. The van der Waals surface area contributed by atoms with Gasteiger partial charge in [-0.3, -0.25) is 9.36 Å². The molecule has 1 amide bonds. The summed E-state index contributed by atoms with van der Waals surface area (Å²) in [5.74, 6) is 1.35. The van der Waals surface area contributed by atoms with Crippen LogP contribution in [0.5, 0.6) is 0 Å². The van der Waals surface area contributed by atoms with Gasteiger partial charge in [0.15, 0.2) is 5.16 Å². The highest BCUT2D eigenvalue weighted by Crippen LogP contribution is 2.33. The van der Waals surface area contributed by atoms with E-state index in [1.54, 1.807) is 11.3 Å². The van der Waals surface area contributed by atoms with Crippen LogP contribution in [0.1, 0.15) is 40.4 Å². The average Bonchev–Trinajstić information content (AvgIpc) is 3.29. The summed E-state index contributed by atoms with van der Waals surface area (Å²) in [5, 5.41) is 11.5. The molecule has 7 heteroatoms. The van der Waals surface area contributed by atoms with E-state index in [2.05, 4.69) is 65.2 Å². The molecule has 1 aromatic carbocycles. The summed E-state index contributed by atoms with van der Waals surface area (Å²) >= 11 is 3.26. The number of benzene rings is 1. The van der Waals surface area contributed by atoms with Crippen molar-refractivity contribution < 1.29 is 4.79 Å². The minimum atomic E-state index is 0.140. The summed E-state index contributed by atoms with van der Waals surface area (Å²) in [6, 6.07) is 8.64. The van der Waals surface area contributed by atoms with Gasteiger partial charge in [-0.1, -0.05) is 23.9 Å². The Labute approximate surface area is 173 Å². The number of carbonyl (C=O) groups is 1. The fourth-order valence-corrected chi connectivity index (χ4v) is 5.57. The van der Waals surface area contributed by atoms with Gasteiger partial charge < -0.3 is 4.90 Å². The number of aromatic nitrogens is 3. The van der Waals surface area contributed by atoms with Crippen LogP contribution in [0.15, 0.2) is 34.8 Å². The number of aryl methyl sites for hydroxylation is 3. The first kappa shape index (κ1) is 19.2. The van der Waals surface area contributed by atoms with Crippen LogP contribution in [0.2, 0.25) is 0 Å². The van der Waals surface area contributed by atoms with Crippen LogP contribution in [0.3, 0.4) is 0 Å². The summed E-state index contributed by atoms with van der Waals surface area (Å²) in [6.45, 7) is 9.02. The summed E-state index contributed by atoms with van der Waals surface area (Å²) < 4.78 is 2.05. The van der Waals surface area contributed by atoms with E-state index in [9.17, 15) is 4.79 Å². The molecule has 1 unspecified atom stereocenters. The molecule has 3 aromatic rings. The highest BCUT2D eigenvalue weighted by atomic mass is 32.2. The molecular weight excluding hydrogens is 388 g/mol. The molecule has 4 rings (SSSR count). The van der Waals surface area contributed by atoms with E-state index in [-0.39, 0.29) is 11.9 Å². The number of thiophene rings is 1. The van der Waals surface area contributed by atoms with Crippen LogP contribution in [0.25, 0.3) is 5.69 Å². The van der Waals surface area contributed by atoms with E-state index in [4.69, 9.17) is 0 Å². The zero-order valence-corrected chi connectivity index (χ0v) is 18.2. The van der Waals surface area contributed by atoms with Gasteiger partial charge in [0.2, 0.25) is 5.91 Å². The molecule has 0 aliphatic carbocycles. The van der Waals surface area contributed by atoms with Crippen molar-refractivity contribution in [1.29, 1.82) is 0 Å². The molecule has 3 heterocycles. The molecule has 2 aromatic heterocycles. The lowest BCUT2D eigenvalue weighted by Crippen LogP contribution is -2.39. The second-order valence-electron chi connectivity index (χ2n) is 7.26. The van der Waals surface area contributed by atoms with Gasteiger partial charge in [0.25, 0.3) is 0 Å². The van der Waals surface area contributed by atoms with Gasteiger partial charge in [0, 0.05) is 11.4 Å². The van der Waals surface area contributed by atoms with Crippen molar-refractivity contribution in [3.05, 3.63) is 57.0 Å². The molecule has 0 bridgehead atoms. The van der Waals surface area contributed by atoms with Crippen LogP contribution in [0.4, 0.5) is 0 Å². The van der Waals surface area contributed by atoms with Gasteiger partial charge in [-0.15, -0.1) is 21.5 Å². The maximum atomic E-state index is 12.9. The van der Waals surface area contributed by atoms with Crippen molar-refractivity contribution in [2.45, 2.75) is 45.3 Å². The lowest BCUT2D eigenvalue weighted by molar-refractivity contribution is -0.130. The highest BCUT2D eigenvalue weighted by molar-refractivity contribution is 7.99. The number of carbonyl (C=O) groups excluding carboxylic acids is 1. The number of rotatable bonds is 4. The predicted octanol–water partition coefficient (Wildman–Crippen LogP) is 4.49. The molecule has 1 aliphatic heterocycles. The van der Waals surface area contributed by atoms with Crippen LogP contribution < -0.4 is 0 Å². The minimum Gasteiger partial charge on any atom is -0.335 e. The molecule has 0 saturated carbocycles. The second-order valence-corrected chi connectivity index (χ2v) is 9.20. The van der Waals surface area contributed by atoms with Gasteiger partial charge in [0.1, 0.15) is 5.82 Å². The Morgan fingerprint density at radius 3 is 2.89 bits per heavy atom. The predicted molar refractivity (Wildman–Crippen MR) is 114 cm³/mol. The van der Waals surface area contributed by atoms with Crippen molar-refractivity contribution >= 4 is 29.0 Å². The summed E-state index contributed by atoms with van der Waals surface area (Å²) in [7, 11) is 0. The first-order valence-electron chi connectivity index (χ1n) is 9.44. The molecule has 0 fully saturated rings.